The topological polar surface area (TPSA) is 101 Å². The van der Waals surface area contributed by atoms with Crippen LogP contribution in [0.25, 0.3) is 0 Å². The van der Waals surface area contributed by atoms with Gasteiger partial charge in [-0.3, -0.25) is 4.18 Å². The van der Waals surface area contributed by atoms with E-state index in [0.29, 0.717) is 23.0 Å². The van der Waals surface area contributed by atoms with Crippen molar-refractivity contribution in [3.8, 4) is 23.0 Å². The van der Waals surface area contributed by atoms with Crippen molar-refractivity contribution in [3.05, 3.63) is 77.9 Å². The maximum absolute atomic E-state index is 13.1. The molecule has 0 aliphatic carbocycles. The molecule has 11 heteroatoms. The molecule has 0 spiro atoms. The molecule has 0 amide bonds. The van der Waals surface area contributed by atoms with Crippen molar-refractivity contribution in [3.63, 3.8) is 0 Å². The van der Waals surface area contributed by atoms with Gasteiger partial charge in [0, 0.05) is 12.1 Å². The van der Waals surface area contributed by atoms with E-state index in [1.165, 1.54) is 48.5 Å². The van der Waals surface area contributed by atoms with E-state index < -0.39 is 22.0 Å². The number of aryl methyl sites for hydroxylation is 1. The predicted octanol–water partition coefficient (Wildman–Crippen LogP) is 3.64. The first-order chi connectivity index (χ1) is 17.2. The molecule has 0 fully saturated rings. The van der Waals surface area contributed by atoms with Gasteiger partial charge in [0.05, 0.1) is 11.5 Å². The van der Waals surface area contributed by atoms with Crippen molar-refractivity contribution in [1.29, 1.82) is 0 Å². The fourth-order valence-electron chi connectivity index (χ4n) is 3.29. The fraction of sp³-hybridized carbons (Fsp3) is 0.280. The molecule has 5 rings (SSSR count). The maximum Gasteiger partial charge on any atom is 0.297 e. The molecule has 0 bridgehead atoms. The summed E-state index contributed by atoms with van der Waals surface area (Å²) in [7, 11) is -3.86. The molecule has 0 saturated carbocycles. The highest BCUT2D eigenvalue weighted by Gasteiger charge is 2.25. The van der Waals surface area contributed by atoms with Crippen LogP contribution < -0.4 is 18.9 Å². The number of benzene rings is 3. The van der Waals surface area contributed by atoms with Gasteiger partial charge in [-0.1, -0.05) is 17.7 Å². The molecule has 1 N–H and O–H groups in total. The normalized spacial score (nSPS) is 18.1. The van der Waals surface area contributed by atoms with Gasteiger partial charge in [0.1, 0.15) is 31.5 Å². The van der Waals surface area contributed by atoms with Crippen LogP contribution in [0.2, 0.25) is 0 Å². The van der Waals surface area contributed by atoms with Crippen molar-refractivity contribution in [1.82, 2.24) is 0 Å². The molecule has 2 aliphatic rings. The largest absolute Gasteiger partial charge is 0.486 e. The summed E-state index contributed by atoms with van der Waals surface area (Å²) in [5.74, 6) is 0.742. The third-order valence-corrected chi connectivity index (χ3v) is 6.47. The first kappa shape index (κ1) is 25.7. The lowest BCUT2D eigenvalue weighted by Crippen LogP contribution is -2.34. The average Bonchev–Trinajstić information content (AvgIpc) is 2.88. The molecule has 192 valence electrons. The molecule has 2 atom stereocenters. The Hall–Kier alpha value is -3.41. The molecule has 0 saturated heterocycles. The van der Waals surface area contributed by atoms with Gasteiger partial charge in [-0.2, -0.15) is 8.42 Å². The number of halogens is 2. The van der Waals surface area contributed by atoms with Gasteiger partial charge in [-0.15, -0.1) is 0 Å². The Balaban J connectivity index is 0.000000197. The number of aliphatic hydroxyl groups is 1. The van der Waals surface area contributed by atoms with Crippen molar-refractivity contribution in [2.45, 2.75) is 24.0 Å². The third kappa shape index (κ3) is 6.42. The summed E-state index contributed by atoms with van der Waals surface area (Å²) in [6.45, 7) is 1.92. The molecule has 3 aromatic carbocycles. The van der Waals surface area contributed by atoms with Crippen molar-refractivity contribution < 1.29 is 45.4 Å². The van der Waals surface area contributed by atoms with Crippen molar-refractivity contribution >= 4 is 10.1 Å². The summed E-state index contributed by atoms with van der Waals surface area (Å²) in [5, 5.41) is 8.79. The van der Waals surface area contributed by atoms with Gasteiger partial charge in [0.2, 0.25) is 0 Å². The summed E-state index contributed by atoms with van der Waals surface area (Å²) in [6, 6.07) is 14.3. The second-order valence-corrected chi connectivity index (χ2v) is 9.63. The van der Waals surface area contributed by atoms with Gasteiger partial charge in [0.15, 0.2) is 35.2 Å². The number of ether oxygens (including phenoxy) is 4. The van der Waals surface area contributed by atoms with Crippen LogP contribution in [0.3, 0.4) is 0 Å². The zero-order valence-corrected chi connectivity index (χ0v) is 20.0. The van der Waals surface area contributed by atoms with E-state index in [9.17, 15) is 17.2 Å². The minimum absolute atomic E-state index is 0.0832. The Kier molecular flexibility index (Phi) is 7.92. The molecule has 0 aromatic heterocycles. The number of fused-ring (bicyclic) bond motifs is 2. The van der Waals surface area contributed by atoms with Crippen LogP contribution in [0.15, 0.2) is 65.6 Å². The molecule has 0 unspecified atom stereocenters. The predicted molar refractivity (Wildman–Crippen MR) is 124 cm³/mol. The van der Waals surface area contributed by atoms with E-state index in [0.717, 1.165) is 5.56 Å². The Bertz CT molecular complexity index is 1300. The molecule has 36 heavy (non-hydrogen) atoms. The first-order valence-electron chi connectivity index (χ1n) is 11.0. The Morgan fingerprint density at radius 1 is 0.833 bits per heavy atom. The molecular formula is C25H24F2O8S. The van der Waals surface area contributed by atoms with Crippen LogP contribution in [0, 0.1) is 18.6 Å². The third-order valence-electron chi connectivity index (χ3n) is 5.17. The van der Waals surface area contributed by atoms with Crippen molar-refractivity contribution in [2.24, 2.45) is 0 Å². The zero-order valence-electron chi connectivity index (χ0n) is 19.2. The van der Waals surface area contributed by atoms with Crippen LogP contribution >= 0.6 is 0 Å². The maximum atomic E-state index is 13.1. The Morgan fingerprint density at radius 2 is 1.36 bits per heavy atom. The highest BCUT2D eigenvalue weighted by Crippen LogP contribution is 2.33. The van der Waals surface area contributed by atoms with Gasteiger partial charge in [-0.05, 0) is 43.3 Å². The van der Waals surface area contributed by atoms with E-state index in [2.05, 4.69) is 0 Å². The fourth-order valence-corrected chi connectivity index (χ4v) is 4.22. The number of hydrogen-bond donors (Lipinski definition) is 1. The molecule has 8 nitrogen and oxygen atoms in total. The lowest BCUT2D eigenvalue weighted by molar-refractivity contribution is 0.0453. The highest BCUT2D eigenvalue weighted by molar-refractivity contribution is 7.86. The zero-order chi connectivity index (χ0) is 25.7. The standard InChI is InChI=1S/C16H15FO5S.C9H9FO3/c1-11-2-5-14(6-3-11)23(18,19)21-10-13-9-20-16-8-12(17)4-7-15(16)22-13;10-6-1-2-8-9(3-6)12-5-7(4-11)13-8/h2-8,13H,9-10H2,1H3;1-3,7,11H,4-5H2/t13-;7-/m10/s1. The van der Waals surface area contributed by atoms with Crippen LogP contribution in [0.1, 0.15) is 5.56 Å². The first-order valence-corrected chi connectivity index (χ1v) is 12.4. The van der Waals surface area contributed by atoms with E-state index in [1.807, 2.05) is 6.92 Å². The smallest absolute Gasteiger partial charge is 0.297 e. The minimum atomic E-state index is -3.86. The number of rotatable bonds is 5. The summed E-state index contributed by atoms with van der Waals surface area (Å²) >= 11 is 0. The van der Waals surface area contributed by atoms with Gasteiger partial charge in [-0.25, -0.2) is 8.78 Å². The van der Waals surface area contributed by atoms with Gasteiger partial charge >= 0.3 is 0 Å². The van der Waals surface area contributed by atoms with Crippen LogP contribution in [-0.4, -0.2) is 52.2 Å². The second kappa shape index (κ2) is 11.1. The second-order valence-electron chi connectivity index (χ2n) is 8.02. The lowest BCUT2D eigenvalue weighted by atomic mass is 10.2. The van der Waals surface area contributed by atoms with Gasteiger partial charge < -0.3 is 24.1 Å². The van der Waals surface area contributed by atoms with E-state index in [-0.39, 0.29) is 43.2 Å². The number of hydrogen-bond acceptors (Lipinski definition) is 8. The summed E-state index contributed by atoms with van der Waals surface area (Å²) in [5.41, 5.74) is 0.955. The van der Waals surface area contributed by atoms with Crippen LogP contribution in [0.4, 0.5) is 8.78 Å². The van der Waals surface area contributed by atoms with Crippen LogP contribution in [0.5, 0.6) is 23.0 Å². The summed E-state index contributed by atoms with van der Waals surface area (Å²) < 4.78 is 76.4. The Labute approximate surface area is 207 Å². The molecular weight excluding hydrogens is 498 g/mol. The SMILES string of the molecule is Cc1ccc(S(=O)(=O)OC[C@H]2COc3cc(F)ccc3O2)cc1.OC[C@H]1COc2cc(F)ccc2O1. The minimum Gasteiger partial charge on any atom is -0.486 e. The quantitative estimate of drug-likeness (QED) is 0.507. The van der Waals surface area contributed by atoms with E-state index in [1.54, 1.807) is 12.1 Å². The molecule has 0 radical (unpaired) electrons. The molecule has 3 aromatic rings. The van der Waals surface area contributed by atoms with Crippen molar-refractivity contribution in [2.75, 3.05) is 26.4 Å². The summed E-state index contributed by atoms with van der Waals surface area (Å²) in [6.07, 6.45) is -0.939. The number of aliphatic hydroxyl groups excluding tert-OH is 1. The molecule has 2 aliphatic heterocycles. The van der Waals surface area contributed by atoms with E-state index >= 15 is 0 Å². The summed E-state index contributed by atoms with van der Waals surface area (Å²) in [4.78, 5) is 0.0855. The lowest BCUT2D eigenvalue weighted by Gasteiger charge is -2.26. The monoisotopic (exact) mass is 522 g/mol. The van der Waals surface area contributed by atoms with E-state index in [4.69, 9.17) is 28.2 Å². The molecule has 2 heterocycles. The Morgan fingerprint density at radius 3 is 1.92 bits per heavy atom. The average molecular weight is 523 g/mol. The van der Waals surface area contributed by atoms with Gasteiger partial charge in [0.25, 0.3) is 10.1 Å². The highest BCUT2D eigenvalue weighted by atomic mass is 32.2. The van der Waals surface area contributed by atoms with Crippen LogP contribution in [-0.2, 0) is 14.3 Å².